The first-order chi connectivity index (χ1) is 11.6. The molecular weight excluding hydrogens is 364 g/mol. The Morgan fingerprint density at radius 2 is 1.48 bits per heavy atom. The van der Waals surface area contributed by atoms with Gasteiger partial charge in [-0.1, -0.05) is 12.1 Å². The average molecular weight is 382 g/mol. The largest absolute Gasteiger partial charge is 0.322 e. The van der Waals surface area contributed by atoms with Crippen LogP contribution in [-0.4, -0.2) is 36.0 Å². The minimum atomic E-state index is -3.53. The zero-order chi connectivity index (χ0) is 18.7. The number of hydrogen-bond acceptors (Lipinski definition) is 5. The number of nitrogens with one attached hydrogen (secondary N) is 2. The van der Waals surface area contributed by atoms with Crippen LogP contribution in [0.2, 0.25) is 0 Å². The summed E-state index contributed by atoms with van der Waals surface area (Å²) in [6, 6.07) is 12.0. The number of hydrogen-bond donors (Lipinski definition) is 2. The fraction of sp³-hybridized carbons (Fsp3) is 0.188. The summed E-state index contributed by atoms with van der Waals surface area (Å²) < 4.78 is 48.0. The van der Waals surface area contributed by atoms with Crippen molar-refractivity contribution in [3.8, 4) is 0 Å². The van der Waals surface area contributed by atoms with Gasteiger partial charge in [0.1, 0.15) is 0 Å². The molecule has 0 aliphatic heterocycles. The molecule has 0 saturated carbocycles. The van der Waals surface area contributed by atoms with E-state index in [1.54, 1.807) is 12.1 Å². The first-order valence-corrected chi connectivity index (χ1v) is 10.8. The minimum Gasteiger partial charge on any atom is -0.322 e. The van der Waals surface area contributed by atoms with Gasteiger partial charge in [0.15, 0.2) is 9.84 Å². The van der Waals surface area contributed by atoms with Gasteiger partial charge in [0.25, 0.3) is 5.91 Å². The van der Waals surface area contributed by atoms with Crippen molar-refractivity contribution in [1.29, 1.82) is 0 Å². The van der Waals surface area contributed by atoms with Crippen molar-refractivity contribution in [2.45, 2.75) is 10.6 Å². The molecule has 0 fully saturated rings. The maximum absolute atomic E-state index is 12.2. The number of carbonyl (C=O) groups excluding carboxylic acids is 1. The van der Waals surface area contributed by atoms with E-state index in [-0.39, 0.29) is 16.6 Å². The summed E-state index contributed by atoms with van der Waals surface area (Å²) in [5.41, 5.74) is 1.41. The first-order valence-electron chi connectivity index (χ1n) is 7.22. The van der Waals surface area contributed by atoms with Crippen LogP contribution in [0.1, 0.15) is 15.9 Å². The van der Waals surface area contributed by atoms with E-state index in [9.17, 15) is 21.6 Å². The highest BCUT2D eigenvalue weighted by Crippen LogP contribution is 2.15. The highest BCUT2D eigenvalue weighted by Gasteiger charge is 2.12. The Bertz CT molecular complexity index is 964. The van der Waals surface area contributed by atoms with Gasteiger partial charge in [-0.15, -0.1) is 0 Å². The lowest BCUT2D eigenvalue weighted by atomic mass is 10.1. The number of carbonyl (C=O) groups is 1. The summed E-state index contributed by atoms with van der Waals surface area (Å²) in [6.07, 6.45) is 1.14. The smallest absolute Gasteiger partial charge is 0.255 e. The van der Waals surface area contributed by atoms with Crippen LogP contribution in [0.4, 0.5) is 5.69 Å². The molecule has 1 amide bonds. The van der Waals surface area contributed by atoms with E-state index in [0.717, 1.165) is 6.26 Å². The Kier molecular flexibility index (Phi) is 5.61. The number of benzene rings is 2. The number of sulfonamides is 1. The van der Waals surface area contributed by atoms with Gasteiger partial charge in [-0.05, 0) is 49.0 Å². The van der Waals surface area contributed by atoms with Gasteiger partial charge >= 0.3 is 0 Å². The Hall–Kier alpha value is -2.23. The van der Waals surface area contributed by atoms with Gasteiger partial charge in [-0.2, -0.15) is 0 Å². The van der Waals surface area contributed by atoms with Crippen molar-refractivity contribution in [2.75, 3.05) is 18.6 Å². The molecule has 25 heavy (non-hydrogen) atoms. The molecule has 7 nitrogen and oxygen atoms in total. The van der Waals surface area contributed by atoms with E-state index >= 15 is 0 Å². The Morgan fingerprint density at radius 3 is 1.96 bits per heavy atom. The molecule has 0 heterocycles. The van der Waals surface area contributed by atoms with E-state index in [1.807, 2.05) is 0 Å². The number of anilines is 1. The van der Waals surface area contributed by atoms with Crippen LogP contribution < -0.4 is 10.0 Å². The predicted octanol–water partition coefficient (Wildman–Crippen LogP) is 1.39. The van der Waals surface area contributed by atoms with Gasteiger partial charge in [0.05, 0.1) is 10.6 Å². The molecule has 0 aliphatic carbocycles. The monoisotopic (exact) mass is 382 g/mol. The molecule has 0 radical (unpaired) electrons. The zero-order valence-electron chi connectivity index (χ0n) is 13.7. The maximum atomic E-state index is 12.2. The van der Waals surface area contributed by atoms with Crippen molar-refractivity contribution in [2.24, 2.45) is 0 Å². The third-order valence-electron chi connectivity index (χ3n) is 3.34. The van der Waals surface area contributed by atoms with E-state index in [1.165, 1.54) is 43.4 Å². The number of rotatable bonds is 6. The van der Waals surface area contributed by atoms with Gasteiger partial charge in [-0.3, -0.25) is 4.79 Å². The van der Waals surface area contributed by atoms with E-state index in [0.29, 0.717) is 16.8 Å². The Labute approximate surface area is 147 Å². The van der Waals surface area contributed by atoms with Crippen LogP contribution in [0.5, 0.6) is 0 Å². The van der Waals surface area contributed by atoms with E-state index in [4.69, 9.17) is 0 Å². The lowest BCUT2D eigenvalue weighted by Crippen LogP contribution is -2.18. The molecular formula is C16H18N2O5S2. The van der Waals surface area contributed by atoms with Crippen molar-refractivity contribution in [3.05, 3.63) is 59.7 Å². The zero-order valence-corrected chi connectivity index (χ0v) is 15.3. The molecule has 0 aliphatic rings. The molecule has 0 saturated heterocycles. The molecule has 2 aromatic carbocycles. The molecule has 0 aromatic heterocycles. The van der Waals surface area contributed by atoms with Crippen LogP contribution in [-0.2, 0) is 25.6 Å². The average Bonchev–Trinajstić information content (AvgIpc) is 2.54. The van der Waals surface area contributed by atoms with Crippen molar-refractivity contribution in [1.82, 2.24) is 4.72 Å². The summed E-state index contributed by atoms with van der Waals surface area (Å²) in [4.78, 5) is 12.3. The Balaban J connectivity index is 2.09. The van der Waals surface area contributed by atoms with Crippen LogP contribution in [0.25, 0.3) is 0 Å². The second kappa shape index (κ2) is 7.34. The molecule has 134 valence electrons. The second-order valence-corrected chi connectivity index (χ2v) is 9.48. The third kappa shape index (κ3) is 5.38. The number of sulfone groups is 1. The number of amides is 1. The standard InChI is InChI=1S/C16H18N2O5S2/c1-17-25(22,23)15-9-7-14(8-10-15)18-16(19)13-5-3-12(4-6-13)11-24(2,20)21/h3-10,17H,11H2,1-2H3,(H,18,19). The normalized spacial score (nSPS) is 11.9. The van der Waals surface area contributed by atoms with Gasteiger partial charge < -0.3 is 5.32 Å². The molecule has 2 N–H and O–H groups in total. The second-order valence-electron chi connectivity index (χ2n) is 5.45. The minimum absolute atomic E-state index is 0.0870. The highest BCUT2D eigenvalue weighted by atomic mass is 32.2. The fourth-order valence-corrected chi connectivity index (χ4v) is 3.62. The van der Waals surface area contributed by atoms with Gasteiger partial charge in [-0.25, -0.2) is 21.6 Å². The quantitative estimate of drug-likeness (QED) is 0.785. The Morgan fingerprint density at radius 1 is 0.920 bits per heavy atom. The molecule has 0 bridgehead atoms. The summed E-state index contributed by atoms with van der Waals surface area (Å²) in [5.74, 6) is -0.467. The predicted molar refractivity (Wildman–Crippen MR) is 95.6 cm³/mol. The van der Waals surface area contributed by atoms with E-state index < -0.39 is 19.9 Å². The molecule has 2 rings (SSSR count). The van der Waals surface area contributed by atoms with Crippen molar-refractivity contribution >= 4 is 31.5 Å². The molecule has 0 unspecified atom stereocenters. The van der Waals surface area contributed by atoms with Crippen LogP contribution in [0, 0.1) is 0 Å². The molecule has 0 atom stereocenters. The maximum Gasteiger partial charge on any atom is 0.255 e. The summed E-state index contributed by atoms with van der Waals surface area (Å²) >= 11 is 0. The lowest BCUT2D eigenvalue weighted by molar-refractivity contribution is 0.102. The summed E-state index contributed by atoms with van der Waals surface area (Å²) in [7, 11) is -5.34. The SMILES string of the molecule is CNS(=O)(=O)c1ccc(NC(=O)c2ccc(CS(C)(=O)=O)cc2)cc1. The van der Waals surface area contributed by atoms with Crippen molar-refractivity contribution < 1.29 is 21.6 Å². The highest BCUT2D eigenvalue weighted by molar-refractivity contribution is 7.90. The van der Waals surface area contributed by atoms with Crippen LogP contribution in [0.3, 0.4) is 0 Å². The molecule has 9 heteroatoms. The van der Waals surface area contributed by atoms with Crippen LogP contribution >= 0.6 is 0 Å². The van der Waals surface area contributed by atoms with Gasteiger partial charge in [0.2, 0.25) is 10.0 Å². The summed E-state index contributed by atoms with van der Waals surface area (Å²) in [5, 5.41) is 2.65. The van der Waals surface area contributed by atoms with E-state index in [2.05, 4.69) is 10.0 Å². The topological polar surface area (TPSA) is 109 Å². The molecule has 2 aromatic rings. The van der Waals surface area contributed by atoms with Gasteiger partial charge in [0, 0.05) is 17.5 Å². The third-order valence-corrected chi connectivity index (χ3v) is 5.62. The fourth-order valence-electron chi connectivity index (χ4n) is 2.09. The lowest BCUT2D eigenvalue weighted by Gasteiger charge is -2.07. The molecule has 0 spiro atoms. The summed E-state index contributed by atoms with van der Waals surface area (Å²) in [6.45, 7) is 0. The first kappa shape index (κ1) is 19.1. The van der Waals surface area contributed by atoms with Crippen molar-refractivity contribution in [3.63, 3.8) is 0 Å². The van der Waals surface area contributed by atoms with Crippen LogP contribution in [0.15, 0.2) is 53.4 Å².